The van der Waals surface area contributed by atoms with E-state index in [0.29, 0.717) is 5.92 Å². The van der Waals surface area contributed by atoms with Crippen LogP contribution in [0.25, 0.3) is 0 Å². The second kappa shape index (κ2) is 5.10. The molecule has 0 fully saturated rings. The standard InChI is InChI=1S/C10H20N4/c1-4-5-14-10(12-7-13-14)6-8(2)9(3)11/h7-9H,4-6,11H2,1-3H3. The van der Waals surface area contributed by atoms with Crippen LogP contribution in [0.3, 0.4) is 0 Å². The van der Waals surface area contributed by atoms with E-state index in [1.54, 1.807) is 6.33 Å². The number of nitrogens with zero attached hydrogens (tertiary/aromatic N) is 3. The van der Waals surface area contributed by atoms with Gasteiger partial charge >= 0.3 is 0 Å². The Morgan fingerprint density at radius 1 is 1.50 bits per heavy atom. The zero-order valence-electron chi connectivity index (χ0n) is 9.27. The Bertz CT molecular complexity index is 267. The minimum absolute atomic E-state index is 0.210. The Hall–Kier alpha value is -0.900. The molecular weight excluding hydrogens is 176 g/mol. The van der Waals surface area contributed by atoms with E-state index in [4.69, 9.17) is 5.73 Å². The first-order chi connectivity index (χ1) is 6.65. The van der Waals surface area contributed by atoms with E-state index in [2.05, 4.69) is 23.9 Å². The Labute approximate surface area is 85.5 Å². The quantitative estimate of drug-likeness (QED) is 0.770. The molecule has 4 heteroatoms. The van der Waals surface area contributed by atoms with Gasteiger partial charge in [0.15, 0.2) is 0 Å². The highest BCUT2D eigenvalue weighted by Gasteiger charge is 2.12. The van der Waals surface area contributed by atoms with Crippen molar-refractivity contribution < 1.29 is 0 Å². The molecule has 0 bridgehead atoms. The van der Waals surface area contributed by atoms with Crippen molar-refractivity contribution in [3.8, 4) is 0 Å². The van der Waals surface area contributed by atoms with Crippen molar-refractivity contribution in [1.82, 2.24) is 14.8 Å². The summed E-state index contributed by atoms with van der Waals surface area (Å²) in [6.45, 7) is 7.27. The minimum Gasteiger partial charge on any atom is -0.328 e. The fourth-order valence-electron chi connectivity index (χ4n) is 1.32. The van der Waals surface area contributed by atoms with Gasteiger partial charge in [0.2, 0.25) is 0 Å². The number of nitrogens with two attached hydrogens (primary N) is 1. The molecule has 0 amide bonds. The van der Waals surface area contributed by atoms with Gasteiger partial charge in [-0.2, -0.15) is 5.10 Å². The lowest BCUT2D eigenvalue weighted by molar-refractivity contribution is 0.449. The molecule has 1 aromatic heterocycles. The first-order valence-corrected chi connectivity index (χ1v) is 5.27. The maximum Gasteiger partial charge on any atom is 0.138 e. The maximum atomic E-state index is 5.82. The first kappa shape index (κ1) is 11.2. The average Bonchev–Trinajstić information content (AvgIpc) is 2.53. The molecule has 0 saturated heterocycles. The Morgan fingerprint density at radius 2 is 2.21 bits per heavy atom. The third-order valence-electron chi connectivity index (χ3n) is 2.53. The Morgan fingerprint density at radius 3 is 2.79 bits per heavy atom. The average molecular weight is 196 g/mol. The van der Waals surface area contributed by atoms with Crippen LogP contribution in [0.5, 0.6) is 0 Å². The topological polar surface area (TPSA) is 56.7 Å². The van der Waals surface area contributed by atoms with E-state index in [1.807, 2.05) is 11.6 Å². The van der Waals surface area contributed by atoms with E-state index < -0.39 is 0 Å². The van der Waals surface area contributed by atoms with Crippen molar-refractivity contribution in [3.05, 3.63) is 12.2 Å². The zero-order chi connectivity index (χ0) is 10.6. The van der Waals surface area contributed by atoms with Crippen molar-refractivity contribution in [2.45, 2.75) is 46.2 Å². The van der Waals surface area contributed by atoms with Crippen molar-refractivity contribution in [2.24, 2.45) is 11.7 Å². The van der Waals surface area contributed by atoms with Gasteiger partial charge in [-0.05, 0) is 19.3 Å². The molecule has 0 radical (unpaired) electrons. The van der Waals surface area contributed by atoms with Gasteiger partial charge in [-0.25, -0.2) is 4.98 Å². The number of rotatable bonds is 5. The third kappa shape index (κ3) is 2.80. The maximum absolute atomic E-state index is 5.82. The summed E-state index contributed by atoms with van der Waals surface area (Å²) < 4.78 is 1.97. The summed E-state index contributed by atoms with van der Waals surface area (Å²) in [4.78, 5) is 4.25. The number of aryl methyl sites for hydroxylation is 1. The van der Waals surface area contributed by atoms with Crippen LogP contribution in [0.1, 0.15) is 33.0 Å². The van der Waals surface area contributed by atoms with Crippen LogP contribution in [0.4, 0.5) is 0 Å². The number of aromatic nitrogens is 3. The first-order valence-electron chi connectivity index (χ1n) is 5.27. The lowest BCUT2D eigenvalue weighted by atomic mass is 10.0. The largest absolute Gasteiger partial charge is 0.328 e. The van der Waals surface area contributed by atoms with E-state index in [9.17, 15) is 0 Å². The fraction of sp³-hybridized carbons (Fsp3) is 0.800. The molecular formula is C10H20N4. The molecule has 0 aliphatic carbocycles. The van der Waals surface area contributed by atoms with Crippen LogP contribution < -0.4 is 5.73 Å². The van der Waals surface area contributed by atoms with Gasteiger partial charge in [-0.15, -0.1) is 0 Å². The molecule has 4 nitrogen and oxygen atoms in total. The van der Waals surface area contributed by atoms with E-state index in [1.165, 1.54) is 0 Å². The van der Waals surface area contributed by atoms with Gasteiger partial charge in [-0.3, -0.25) is 4.68 Å². The molecule has 1 rings (SSSR count). The summed E-state index contributed by atoms with van der Waals surface area (Å²) >= 11 is 0. The molecule has 0 aliphatic rings. The Kier molecular flexibility index (Phi) is 4.07. The van der Waals surface area contributed by atoms with Crippen LogP contribution in [0.2, 0.25) is 0 Å². The molecule has 0 aliphatic heterocycles. The van der Waals surface area contributed by atoms with Crippen molar-refractivity contribution in [3.63, 3.8) is 0 Å². The highest BCUT2D eigenvalue weighted by atomic mass is 15.3. The summed E-state index contributed by atoms with van der Waals surface area (Å²) in [5, 5.41) is 4.18. The smallest absolute Gasteiger partial charge is 0.138 e. The van der Waals surface area contributed by atoms with Crippen LogP contribution in [0, 0.1) is 5.92 Å². The molecule has 0 spiro atoms. The summed E-state index contributed by atoms with van der Waals surface area (Å²) in [6.07, 6.45) is 3.62. The van der Waals surface area contributed by atoms with Crippen LogP contribution in [-0.4, -0.2) is 20.8 Å². The van der Waals surface area contributed by atoms with Crippen molar-refractivity contribution in [1.29, 1.82) is 0 Å². The van der Waals surface area contributed by atoms with Gasteiger partial charge in [-0.1, -0.05) is 13.8 Å². The van der Waals surface area contributed by atoms with Gasteiger partial charge < -0.3 is 5.73 Å². The minimum atomic E-state index is 0.210. The van der Waals surface area contributed by atoms with E-state index >= 15 is 0 Å². The number of hydrogen-bond acceptors (Lipinski definition) is 3. The van der Waals surface area contributed by atoms with Crippen molar-refractivity contribution >= 4 is 0 Å². The van der Waals surface area contributed by atoms with E-state index in [0.717, 1.165) is 25.2 Å². The molecule has 80 valence electrons. The summed E-state index contributed by atoms with van der Waals surface area (Å²) in [7, 11) is 0. The molecule has 0 aromatic carbocycles. The highest BCUT2D eigenvalue weighted by molar-refractivity contribution is 4.88. The summed E-state index contributed by atoms with van der Waals surface area (Å²) in [5.41, 5.74) is 5.82. The van der Waals surface area contributed by atoms with E-state index in [-0.39, 0.29) is 6.04 Å². The monoisotopic (exact) mass is 196 g/mol. The Balaban J connectivity index is 2.61. The third-order valence-corrected chi connectivity index (χ3v) is 2.53. The SMILES string of the molecule is CCCn1ncnc1CC(C)C(C)N. The predicted molar refractivity (Wildman–Crippen MR) is 56.8 cm³/mol. The molecule has 2 unspecified atom stereocenters. The van der Waals surface area contributed by atoms with Crippen molar-refractivity contribution in [2.75, 3.05) is 0 Å². The zero-order valence-corrected chi connectivity index (χ0v) is 9.27. The van der Waals surface area contributed by atoms with Gasteiger partial charge in [0.1, 0.15) is 12.2 Å². The molecule has 14 heavy (non-hydrogen) atoms. The molecule has 0 saturated carbocycles. The highest BCUT2D eigenvalue weighted by Crippen LogP contribution is 2.08. The second-order valence-electron chi connectivity index (χ2n) is 3.94. The second-order valence-corrected chi connectivity index (χ2v) is 3.94. The number of hydrogen-bond donors (Lipinski definition) is 1. The lowest BCUT2D eigenvalue weighted by Gasteiger charge is -2.14. The normalized spacial score (nSPS) is 15.4. The summed E-state index contributed by atoms with van der Waals surface area (Å²) in [5.74, 6) is 1.51. The van der Waals surface area contributed by atoms with Gasteiger partial charge in [0, 0.05) is 19.0 Å². The summed E-state index contributed by atoms with van der Waals surface area (Å²) in [6, 6.07) is 0.210. The van der Waals surface area contributed by atoms with Crippen LogP contribution in [-0.2, 0) is 13.0 Å². The van der Waals surface area contributed by atoms with Crippen LogP contribution >= 0.6 is 0 Å². The molecule has 2 atom stereocenters. The fourth-order valence-corrected chi connectivity index (χ4v) is 1.32. The lowest BCUT2D eigenvalue weighted by Crippen LogP contribution is -2.27. The predicted octanol–water partition coefficient (Wildman–Crippen LogP) is 1.21. The van der Waals surface area contributed by atoms with Gasteiger partial charge in [0.05, 0.1) is 0 Å². The molecule has 1 aromatic rings. The molecule has 2 N–H and O–H groups in total. The van der Waals surface area contributed by atoms with Crippen LogP contribution in [0.15, 0.2) is 6.33 Å². The molecule has 1 heterocycles. The van der Waals surface area contributed by atoms with Gasteiger partial charge in [0.25, 0.3) is 0 Å².